The Hall–Kier alpha value is -1.79. The highest BCUT2D eigenvalue weighted by Gasteiger charge is 2.16. The Bertz CT molecular complexity index is 834. The molecule has 0 saturated carbocycles. The summed E-state index contributed by atoms with van der Waals surface area (Å²) in [4.78, 5) is 7.08. The van der Waals surface area contributed by atoms with E-state index < -0.39 is 0 Å². The van der Waals surface area contributed by atoms with Gasteiger partial charge in [-0.25, -0.2) is 4.99 Å². The van der Waals surface area contributed by atoms with E-state index in [0.717, 1.165) is 56.1 Å². The average Bonchev–Trinajstić information content (AvgIpc) is 2.74. The van der Waals surface area contributed by atoms with Crippen molar-refractivity contribution in [2.75, 3.05) is 19.6 Å². The van der Waals surface area contributed by atoms with Gasteiger partial charge in [-0.1, -0.05) is 53.5 Å². The van der Waals surface area contributed by atoms with Crippen molar-refractivity contribution in [3.63, 3.8) is 0 Å². The van der Waals surface area contributed by atoms with Gasteiger partial charge < -0.3 is 15.7 Å². The quantitative estimate of drug-likeness (QED) is 0.438. The SMILES string of the molecule is CCNC(=NCc1ccc(CN2CCC(O)CC2)cc1)NCc1ccc(Cl)cc1Cl. The molecule has 0 aromatic heterocycles. The molecule has 0 amide bonds. The molecule has 1 saturated heterocycles. The van der Waals surface area contributed by atoms with E-state index in [2.05, 4.69) is 44.8 Å². The summed E-state index contributed by atoms with van der Waals surface area (Å²) in [6.07, 6.45) is 1.61. The third kappa shape index (κ3) is 7.17. The van der Waals surface area contributed by atoms with Crippen LogP contribution in [-0.4, -0.2) is 41.7 Å². The first-order chi connectivity index (χ1) is 14.5. The number of hydrogen-bond acceptors (Lipinski definition) is 3. The van der Waals surface area contributed by atoms with E-state index in [4.69, 9.17) is 23.2 Å². The van der Waals surface area contributed by atoms with Crippen molar-refractivity contribution in [2.45, 2.75) is 45.5 Å². The molecule has 1 aliphatic rings. The zero-order chi connectivity index (χ0) is 21.3. The summed E-state index contributed by atoms with van der Waals surface area (Å²) in [5.41, 5.74) is 3.43. The Morgan fingerprint density at radius 3 is 2.43 bits per heavy atom. The van der Waals surface area contributed by atoms with Crippen molar-refractivity contribution in [1.29, 1.82) is 0 Å². The van der Waals surface area contributed by atoms with Crippen molar-refractivity contribution in [1.82, 2.24) is 15.5 Å². The summed E-state index contributed by atoms with van der Waals surface area (Å²) in [6, 6.07) is 14.1. The number of nitrogens with one attached hydrogen (secondary N) is 2. The van der Waals surface area contributed by atoms with E-state index >= 15 is 0 Å². The fraction of sp³-hybridized carbons (Fsp3) is 0.435. The predicted octanol–water partition coefficient (Wildman–Crippen LogP) is 4.21. The maximum absolute atomic E-state index is 9.64. The van der Waals surface area contributed by atoms with Gasteiger partial charge in [0, 0.05) is 42.8 Å². The van der Waals surface area contributed by atoms with Crippen LogP contribution >= 0.6 is 23.2 Å². The number of hydrogen-bond donors (Lipinski definition) is 3. The number of rotatable bonds is 7. The number of aliphatic imine (C=N–C) groups is 1. The van der Waals surface area contributed by atoms with E-state index in [1.54, 1.807) is 6.07 Å². The summed E-state index contributed by atoms with van der Waals surface area (Å²) in [5.74, 6) is 0.750. The van der Waals surface area contributed by atoms with Crippen LogP contribution in [0.2, 0.25) is 10.0 Å². The zero-order valence-electron chi connectivity index (χ0n) is 17.4. The average molecular weight is 449 g/mol. The third-order valence-electron chi connectivity index (χ3n) is 5.21. The lowest BCUT2D eigenvalue weighted by molar-refractivity contribution is 0.0792. The highest BCUT2D eigenvalue weighted by Crippen LogP contribution is 2.20. The highest BCUT2D eigenvalue weighted by molar-refractivity contribution is 6.35. The number of nitrogens with zero attached hydrogens (tertiary/aromatic N) is 2. The fourth-order valence-electron chi connectivity index (χ4n) is 3.44. The molecule has 3 rings (SSSR count). The minimum atomic E-state index is -0.128. The number of piperidine rings is 1. The molecule has 1 aliphatic heterocycles. The zero-order valence-corrected chi connectivity index (χ0v) is 18.9. The largest absolute Gasteiger partial charge is 0.393 e. The monoisotopic (exact) mass is 448 g/mol. The van der Waals surface area contributed by atoms with Crippen molar-refractivity contribution in [2.24, 2.45) is 4.99 Å². The summed E-state index contributed by atoms with van der Waals surface area (Å²) in [7, 11) is 0. The molecule has 0 atom stereocenters. The molecule has 3 N–H and O–H groups in total. The number of aliphatic hydroxyl groups is 1. The van der Waals surface area contributed by atoms with Crippen LogP contribution in [-0.2, 0) is 19.6 Å². The van der Waals surface area contributed by atoms with Crippen LogP contribution in [0.5, 0.6) is 0 Å². The van der Waals surface area contributed by atoms with Crippen LogP contribution < -0.4 is 10.6 Å². The number of guanidine groups is 1. The molecule has 30 heavy (non-hydrogen) atoms. The van der Waals surface area contributed by atoms with E-state index in [9.17, 15) is 5.11 Å². The Morgan fingerprint density at radius 2 is 1.77 bits per heavy atom. The lowest BCUT2D eigenvalue weighted by atomic mass is 10.1. The second kappa shape index (κ2) is 11.6. The number of likely N-dealkylation sites (tertiary alicyclic amines) is 1. The Labute approximate surface area is 189 Å². The molecular formula is C23H30Cl2N4O. The molecule has 162 valence electrons. The first-order valence-electron chi connectivity index (χ1n) is 10.5. The van der Waals surface area contributed by atoms with Crippen LogP contribution in [0.15, 0.2) is 47.5 Å². The molecule has 1 heterocycles. The second-order valence-corrected chi connectivity index (χ2v) is 8.45. The van der Waals surface area contributed by atoms with E-state index in [1.807, 2.05) is 19.1 Å². The van der Waals surface area contributed by atoms with Gasteiger partial charge in [0.05, 0.1) is 12.6 Å². The lowest BCUT2D eigenvalue weighted by Crippen LogP contribution is -2.36. The molecule has 0 radical (unpaired) electrons. The van der Waals surface area contributed by atoms with Gasteiger partial charge >= 0.3 is 0 Å². The Morgan fingerprint density at radius 1 is 1.07 bits per heavy atom. The van der Waals surface area contributed by atoms with Crippen LogP contribution in [0, 0.1) is 0 Å². The molecular weight excluding hydrogens is 419 g/mol. The Kier molecular flexibility index (Phi) is 8.82. The van der Waals surface area contributed by atoms with Crippen molar-refractivity contribution in [3.8, 4) is 0 Å². The third-order valence-corrected chi connectivity index (χ3v) is 5.80. The smallest absolute Gasteiger partial charge is 0.191 e. The van der Waals surface area contributed by atoms with Crippen LogP contribution in [0.3, 0.4) is 0 Å². The standard InChI is InChI=1S/C23H30Cl2N4O/c1-2-26-23(28-15-19-7-8-20(24)13-22(19)25)27-14-17-3-5-18(6-4-17)16-29-11-9-21(30)10-12-29/h3-8,13,21,30H,2,9-12,14-16H2,1H3,(H2,26,27,28). The maximum Gasteiger partial charge on any atom is 0.191 e. The molecule has 7 heteroatoms. The van der Waals surface area contributed by atoms with Crippen LogP contribution in [0.4, 0.5) is 0 Å². The molecule has 0 spiro atoms. The predicted molar refractivity (Wildman–Crippen MR) is 125 cm³/mol. The number of halogens is 2. The van der Waals surface area contributed by atoms with Crippen molar-refractivity contribution < 1.29 is 5.11 Å². The summed E-state index contributed by atoms with van der Waals surface area (Å²) in [5, 5.41) is 17.5. The fourth-order valence-corrected chi connectivity index (χ4v) is 3.92. The van der Waals surface area contributed by atoms with Gasteiger partial charge in [0.25, 0.3) is 0 Å². The molecule has 0 aliphatic carbocycles. The van der Waals surface area contributed by atoms with Gasteiger partial charge in [-0.15, -0.1) is 0 Å². The minimum absolute atomic E-state index is 0.128. The number of benzene rings is 2. The van der Waals surface area contributed by atoms with Gasteiger partial charge in [-0.3, -0.25) is 4.90 Å². The molecule has 2 aromatic carbocycles. The lowest BCUT2D eigenvalue weighted by Gasteiger charge is -2.29. The van der Waals surface area contributed by atoms with Crippen LogP contribution in [0.25, 0.3) is 0 Å². The van der Waals surface area contributed by atoms with Crippen molar-refractivity contribution in [3.05, 3.63) is 69.2 Å². The Balaban J connectivity index is 1.53. The normalized spacial score (nSPS) is 15.9. The van der Waals surface area contributed by atoms with Gasteiger partial charge in [0.2, 0.25) is 0 Å². The van der Waals surface area contributed by atoms with Crippen molar-refractivity contribution >= 4 is 29.2 Å². The second-order valence-electron chi connectivity index (χ2n) is 7.61. The maximum atomic E-state index is 9.64. The molecule has 1 fully saturated rings. The van der Waals surface area contributed by atoms with Gasteiger partial charge in [0.1, 0.15) is 0 Å². The molecule has 0 bridgehead atoms. The van der Waals surface area contributed by atoms with E-state index in [1.165, 1.54) is 5.56 Å². The highest BCUT2D eigenvalue weighted by atomic mass is 35.5. The number of aliphatic hydroxyl groups excluding tert-OH is 1. The van der Waals surface area contributed by atoms with Crippen LogP contribution in [0.1, 0.15) is 36.5 Å². The first-order valence-corrected chi connectivity index (χ1v) is 11.2. The summed E-state index contributed by atoms with van der Waals surface area (Å²) in [6.45, 7) is 6.85. The van der Waals surface area contributed by atoms with Gasteiger partial charge in [0.15, 0.2) is 5.96 Å². The summed E-state index contributed by atoms with van der Waals surface area (Å²) >= 11 is 12.2. The van der Waals surface area contributed by atoms with E-state index in [-0.39, 0.29) is 6.10 Å². The molecule has 0 unspecified atom stereocenters. The van der Waals surface area contributed by atoms with Gasteiger partial charge in [-0.2, -0.15) is 0 Å². The summed E-state index contributed by atoms with van der Waals surface area (Å²) < 4.78 is 0. The first kappa shape index (κ1) is 22.9. The molecule has 5 nitrogen and oxygen atoms in total. The van der Waals surface area contributed by atoms with Gasteiger partial charge in [-0.05, 0) is 48.6 Å². The molecule has 2 aromatic rings. The minimum Gasteiger partial charge on any atom is -0.393 e. The van der Waals surface area contributed by atoms with E-state index in [0.29, 0.717) is 23.1 Å². The topological polar surface area (TPSA) is 59.9 Å².